The van der Waals surface area contributed by atoms with Crippen molar-refractivity contribution in [3.63, 3.8) is 0 Å². The van der Waals surface area contributed by atoms with Crippen molar-refractivity contribution in [2.24, 2.45) is 0 Å². The fraction of sp³-hybridized carbons (Fsp3) is 0.0625. The normalized spacial score (nSPS) is 11.3. The van der Waals surface area contributed by atoms with Crippen LogP contribution in [0.1, 0.15) is 6.92 Å². The summed E-state index contributed by atoms with van der Waals surface area (Å²) >= 11 is 24.0. The third-order valence-electron chi connectivity index (χ3n) is 2.84. The number of amides is 1. The molecule has 2 aromatic carbocycles. The van der Waals surface area contributed by atoms with Gasteiger partial charge in [-0.1, -0.05) is 58.5 Å². The molecule has 2 N–H and O–H groups in total. The summed E-state index contributed by atoms with van der Waals surface area (Å²) in [6, 6.07) is 10.2. The summed E-state index contributed by atoms with van der Waals surface area (Å²) in [5, 5.41) is 7.16. The predicted molar refractivity (Wildman–Crippen MR) is 98.9 cm³/mol. The average molecular weight is 390 g/mol. The lowest BCUT2D eigenvalue weighted by Gasteiger charge is -2.10. The van der Waals surface area contributed by atoms with Crippen molar-refractivity contribution in [2.45, 2.75) is 6.92 Å². The Hall–Kier alpha value is -1.39. The molecule has 23 heavy (non-hydrogen) atoms. The van der Waals surface area contributed by atoms with Gasteiger partial charge in [0.25, 0.3) is 0 Å². The van der Waals surface area contributed by atoms with E-state index in [1.165, 1.54) is 6.08 Å². The van der Waals surface area contributed by atoms with Gasteiger partial charge in [0.15, 0.2) is 0 Å². The monoisotopic (exact) mass is 388 g/mol. The summed E-state index contributed by atoms with van der Waals surface area (Å²) in [5.41, 5.74) is 1.64. The zero-order valence-corrected chi connectivity index (χ0v) is 15.0. The maximum Gasteiger partial charge on any atom is 0.250 e. The minimum absolute atomic E-state index is 0.291. The van der Waals surface area contributed by atoms with Crippen LogP contribution < -0.4 is 10.6 Å². The molecule has 3 nitrogen and oxygen atoms in total. The summed E-state index contributed by atoms with van der Waals surface area (Å²) in [5.74, 6) is -0.350. The molecule has 0 saturated carbocycles. The number of nitrogens with one attached hydrogen (secondary N) is 2. The van der Waals surface area contributed by atoms with E-state index in [1.54, 1.807) is 43.3 Å². The maximum absolute atomic E-state index is 12.0. The molecule has 0 saturated heterocycles. The summed E-state index contributed by atoms with van der Waals surface area (Å²) in [7, 11) is 0. The molecule has 0 aliphatic rings. The first kappa shape index (κ1) is 18.0. The molecule has 0 aliphatic heterocycles. The molecule has 0 aliphatic carbocycles. The molecule has 0 radical (unpaired) electrons. The van der Waals surface area contributed by atoms with Gasteiger partial charge in [0.05, 0.1) is 31.5 Å². The molecule has 0 atom stereocenters. The summed E-state index contributed by atoms with van der Waals surface area (Å²) in [4.78, 5) is 12.0. The Kier molecular flexibility index (Phi) is 6.19. The second-order valence-corrected chi connectivity index (χ2v) is 6.21. The molecule has 0 bridgehead atoms. The van der Waals surface area contributed by atoms with Gasteiger partial charge in [0.1, 0.15) is 0 Å². The minimum Gasteiger partial charge on any atom is -0.358 e. The van der Waals surface area contributed by atoms with Gasteiger partial charge in [-0.3, -0.25) is 4.79 Å². The zero-order chi connectivity index (χ0) is 17.0. The highest BCUT2D eigenvalue weighted by Crippen LogP contribution is 2.31. The third-order valence-corrected chi connectivity index (χ3v) is 4.48. The lowest BCUT2D eigenvalue weighted by atomic mass is 10.3. The first-order valence-electron chi connectivity index (χ1n) is 6.53. The second-order valence-electron chi connectivity index (χ2n) is 4.64. The zero-order valence-electron chi connectivity index (χ0n) is 12.0. The van der Waals surface area contributed by atoms with Crippen molar-refractivity contribution in [1.29, 1.82) is 0 Å². The van der Waals surface area contributed by atoms with Crippen molar-refractivity contribution in [1.82, 2.24) is 0 Å². The standard InChI is InChI=1S/C16H12Cl4N2O/c1-9(21-12-6-2-4-10(17)15(12)19)8-14(23)22-13-7-3-5-11(18)16(13)20/h2-8,21H,1H3,(H,22,23)/b9-8+. The maximum atomic E-state index is 12.0. The topological polar surface area (TPSA) is 41.1 Å². The molecule has 0 heterocycles. The highest BCUT2D eigenvalue weighted by molar-refractivity contribution is 6.44. The SMILES string of the molecule is C/C(=C\C(=O)Nc1cccc(Cl)c1Cl)Nc1cccc(Cl)c1Cl. The molecular weight excluding hydrogens is 378 g/mol. The smallest absolute Gasteiger partial charge is 0.250 e. The van der Waals surface area contributed by atoms with Crippen LogP contribution in [0, 0.1) is 0 Å². The van der Waals surface area contributed by atoms with Crippen molar-refractivity contribution >= 4 is 63.7 Å². The fourth-order valence-electron chi connectivity index (χ4n) is 1.81. The number of hydrogen-bond acceptors (Lipinski definition) is 2. The molecule has 0 aromatic heterocycles. The second kappa shape index (κ2) is 7.93. The average Bonchev–Trinajstić information content (AvgIpc) is 2.48. The number of benzene rings is 2. The van der Waals surface area contributed by atoms with Crippen LogP contribution in [0.3, 0.4) is 0 Å². The van der Waals surface area contributed by atoms with Crippen molar-refractivity contribution in [3.8, 4) is 0 Å². The van der Waals surface area contributed by atoms with Gasteiger partial charge >= 0.3 is 0 Å². The molecule has 2 aromatic rings. The molecule has 120 valence electrons. The Balaban J connectivity index is 2.10. The predicted octanol–water partition coefficient (Wildman–Crippen LogP) is 6.25. The largest absolute Gasteiger partial charge is 0.358 e. The Labute approximate surface area is 154 Å². The van der Waals surface area contributed by atoms with E-state index in [9.17, 15) is 4.79 Å². The van der Waals surface area contributed by atoms with E-state index in [1.807, 2.05) is 0 Å². The van der Waals surface area contributed by atoms with Crippen molar-refractivity contribution < 1.29 is 4.79 Å². The van der Waals surface area contributed by atoms with Crippen LogP contribution in [0.15, 0.2) is 48.2 Å². The van der Waals surface area contributed by atoms with E-state index < -0.39 is 0 Å². The van der Waals surface area contributed by atoms with E-state index in [2.05, 4.69) is 10.6 Å². The highest BCUT2D eigenvalue weighted by Gasteiger charge is 2.08. The van der Waals surface area contributed by atoms with Gasteiger partial charge in [0, 0.05) is 11.8 Å². The van der Waals surface area contributed by atoms with Crippen LogP contribution in [0.4, 0.5) is 11.4 Å². The summed E-state index contributed by atoms with van der Waals surface area (Å²) in [6.07, 6.45) is 1.38. The van der Waals surface area contributed by atoms with Crippen LogP contribution in [0.2, 0.25) is 20.1 Å². The molecule has 0 unspecified atom stereocenters. The van der Waals surface area contributed by atoms with Crippen molar-refractivity contribution in [2.75, 3.05) is 10.6 Å². The number of allylic oxidation sites excluding steroid dienone is 1. The Morgan fingerprint density at radius 3 is 1.87 bits per heavy atom. The molecule has 7 heteroatoms. The van der Waals surface area contributed by atoms with Crippen LogP contribution in [0.5, 0.6) is 0 Å². The van der Waals surface area contributed by atoms with E-state index in [4.69, 9.17) is 46.4 Å². The van der Waals surface area contributed by atoms with Crippen molar-refractivity contribution in [3.05, 3.63) is 68.3 Å². The fourth-order valence-corrected chi connectivity index (χ4v) is 2.51. The van der Waals surface area contributed by atoms with Gasteiger partial charge in [0.2, 0.25) is 5.91 Å². The number of hydrogen-bond donors (Lipinski definition) is 2. The number of carbonyl (C=O) groups is 1. The molecule has 0 fully saturated rings. The highest BCUT2D eigenvalue weighted by atomic mass is 35.5. The molecule has 1 amide bonds. The van der Waals surface area contributed by atoms with Crippen LogP contribution >= 0.6 is 46.4 Å². The number of halogens is 4. The van der Waals surface area contributed by atoms with Gasteiger partial charge < -0.3 is 10.6 Å². The number of anilines is 2. The first-order chi connectivity index (χ1) is 10.9. The van der Waals surface area contributed by atoms with Crippen LogP contribution in [0.25, 0.3) is 0 Å². The number of carbonyl (C=O) groups excluding carboxylic acids is 1. The van der Waals surface area contributed by atoms with Crippen LogP contribution in [-0.4, -0.2) is 5.91 Å². The third kappa shape index (κ3) is 4.79. The molecular formula is C16H12Cl4N2O. The summed E-state index contributed by atoms with van der Waals surface area (Å²) in [6.45, 7) is 1.73. The van der Waals surface area contributed by atoms with E-state index in [-0.39, 0.29) is 5.91 Å². The van der Waals surface area contributed by atoms with E-state index in [0.29, 0.717) is 37.2 Å². The van der Waals surface area contributed by atoms with E-state index in [0.717, 1.165) is 0 Å². The van der Waals surface area contributed by atoms with Gasteiger partial charge in [-0.2, -0.15) is 0 Å². The van der Waals surface area contributed by atoms with Gasteiger partial charge in [-0.05, 0) is 31.2 Å². The Morgan fingerprint density at radius 1 is 0.870 bits per heavy atom. The van der Waals surface area contributed by atoms with E-state index >= 15 is 0 Å². The lowest BCUT2D eigenvalue weighted by Crippen LogP contribution is -2.11. The Morgan fingerprint density at radius 2 is 1.35 bits per heavy atom. The molecule has 2 rings (SSSR count). The minimum atomic E-state index is -0.350. The summed E-state index contributed by atoms with van der Waals surface area (Å²) < 4.78 is 0. The Bertz CT molecular complexity index is 775. The number of rotatable bonds is 4. The lowest BCUT2D eigenvalue weighted by molar-refractivity contribution is -0.111. The van der Waals surface area contributed by atoms with Crippen LogP contribution in [-0.2, 0) is 4.79 Å². The molecule has 0 spiro atoms. The van der Waals surface area contributed by atoms with Gasteiger partial charge in [-0.15, -0.1) is 0 Å². The first-order valence-corrected chi connectivity index (χ1v) is 8.04. The van der Waals surface area contributed by atoms with Gasteiger partial charge in [-0.25, -0.2) is 0 Å². The quantitative estimate of drug-likeness (QED) is 0.606.